The van der Waals surface area contributed by atoms with Gasteiger partial charge in [0, 0.05) is 6.04 Å². The zero-order valence-electron chi connectivity index (χ0n) is 10.4. The maximum absolute atomic E-state index is 3.39. The van der Waals surface area contributed by atoms with Crippen LogP contribution in [0.15, 0.2) is 30.3 Å². The van der Waals surface area contributed by atoms with E-state index in [-0.39, 0.29) is 0 Å². The first-order chi connectivity index (χ1) is 7.81. The zero-order valence-corrected chi connectivity index (χ0v) is 10.4. The lowest BCUT2D eigenvalue weighted by atomic mass is 9.76. The summed E-state index contributed by atoms with van der Waals surface area (Å²) in [5.74, 6) is 1.69. The van der Waals surface area contributed by atoms with E-state index in [2.05, 4.69) is 49.6 Å². The van der Waals surface area contributed by atoms with Gasteiger partial charge in [-0.2, -0.15) is 0 Å². The molecule has 0 aliphatic heterocycles. The van der Waals surface area contributed by atoms with Gasteiger partial charge in [-0.1, -0.05) is 30.3 Å². The van der Waals surface area contributed by atoms with Crippen LogP contribution in [-0.2, 0) is 0 Å². The Morgan fingerprint density at radius 3 is 2.25 bits per heavy atom. The SMILES string of the molecule is CNC(C)C1CCC(c2ccccc2)CC1. The van der Waals surface area contributed by atoms with Gasteiger partial charge in [-0.15, -0.1) is 0 Å². The van der Waals surface area contributed by atoms with Crippen molar-refractivity contribution in [3.63, 3.8) is 0 Å². The van der Waals surface area contributed by atoms with Crippen molar-refractivity contribution in [2.75, 3.05) is 7.05 Å². The molecule has 1 unspecified atom stereocenters. The smallest absolute Gasteiger partial charge is 0.00640 e. The molecule has 0 radical (unpaired) electrons. The van der Waals surface area contributed by atoms with E-state index in [1.165, 1.54) is 31.2 Å². The molecule has 0 bridgehead atoms. The monoisotopic (exact) mass is 217 g/mol. The Kier molecular flexibility index (Phi) is 4.00. The Balaban J connectivity index is 1.91. The van der Waals surface area contributed by atoms with Crippen molar-refractivity contribution in [2.24, 2.45) is 5.92 Å². The van der Waals surface area contributed by atoms with E-state index >= 15 is 0 Å². The number of nitrogens with one attached hydrogen (secondary N) is 1. The molecule has 1 aromatic carbocycles. The first-order valence-corrected chi connectivity index (χ1v) is 6.53. The molecule has 1 N–H and O–H groups in total. The summed E-state index contributed by atoms with van der Waals surface area (Å²) in [5.41, 5.74) is 1.54. The summed E-state index contributed by atoms with van der Waals surface area (Å²) in [4.78, 5) is 0. The molecule has 0 saturated heterocycles. The molecule has 0 spiro atoms. The van der Waals surface area contributed by atoms with Crippen LogP contribution in [0.1, 0.15) is 44.1 Å². The van der Waals surface area contributed by atoms with E-state index in [1.54, 1.807) is 0 Å². The van der Waals surface area contributed by atoms with Gasteiger partial charge >= 0.3 is 0 Å². The quantitative estimate of drug-likeness (QED) is 0.816. The van der Waals surface area contributed by atoms with E-state index in [4.69, 9.17) is 0 Å². The maximum atomic E-state index is 3.39. The van der Waals surface area contributed by atoms with Gasteiger partial charge < -0.3 is 5.32 Å². The second-order valence-corrected chi connectivity index (χ2v) is 5.10. The highest BCUT2D eigenvalue weighted by Crippen LogP contribution is 2.36. The molecule has 1 aromatic rings. The van der Waals surface area contributed by atoms with E-state index in [0.29, 0.717) is 6.04 Å². The second kappa shape index (κ2) is 5.49. The van der Waals surface area contributed by atoms with Crippen molar-refractivity contribution >= 4 is 0 Å². The molecule has 1 saturated carbocycles. The summed E-state index contributed by atoms with van der Waals surface area (Å²) < 4.78 is 0. The molecular weight excluding hydrogens is 194 g/mol. The summed E-state index contributed by atoms with van der Waals surface area (Å²) in [7, 11) is 2.08. The third-order valence-corrected chi connectivity index (χ3v) is 4.21. The largest absolute Gasteiger partial charge is 0.317 e. The standard InChI is InChI=1S/C15H23N/c1-12(16-2)13-8-10-15(11-9-13)14-6-4-3-5-7-14/h3-7,12-13,15-16H,8-11H2,1-2H3. The summed E-state index contributed by atoms with van der Waals surface area (Å²) in [5, 5.41) is 3.39. The van der Waals surface area contributed by atoms with E-state index in [0.717, 1.165) is 11.8 Å². The van der Waals surface area contributed by atoms with Crippen molar-refractivity contribution < 1.29 is 0 Å². The molecule has 0 aromatic heterocycles. The fourth-order valence-electron chi connectivity index (χ4n) is 2.91. The fraction of sp³-hybridized carbons (Fsp3) is 0.600. The van der Waals surface area contributed by atoms with Gasteiger partial charge in [0.2, 0.25) is 0 Å². The third kappa shape index (κ3) is 2.65. The van der Waals surface area contributed by atoms with Gasteiger partial charge in [-0.05, 0) is 57.1 Å². The normalized spacial score (nSPS) is 27.6. The summed E-state index contributed by atoms with van der Waals surface area (Å²) >= 11 is 0. The predicted octanol–water partition coefficient (Wildman–Crippen LogP) is 3.57. The van der Waals surface area contributed by atoms with Crippen LogP contribution < -0.4 is 5.32 Å². The van der Waals surface area contributed by atoms with Gasteiger partial charge in [0.05, 0.1) is 0 Å². The molecule has 1 atom stereocenters. The first kappa shape index (κ1) is 11.7. The van der Waals surface area contributed by atoms with Crippen LogP contribution in [0.25, 0.3) is 0 Å². The van der Waals surface area contributed by atoms with Crippen LogP contribution in [0, 0.1) is 5.92 Å². The molecule has 0 heterocycles. The average Bonchev–Trinajstić information content (AvgIpc) is 2.39. The van der Waals surface area contributed by atoms with Crippen LogP contribution in [-0.4, -0.2) is 13.1 Å². The molecular formula is C15H23N. The maximum Gasteiger partial charge on any atom is 0.00640 e. The van der Waals surface area contributed by atoms with Gasteiger partial charge in [-0.25, -0.2) is 0 Å². The van der Waals surface area contributed by atoms with Crippen LogP contribution in [0.5, 0.6) is 0 Å². The van der Waals surface area contributed by atoms with Crippen molar-refractivity contribution in [1.82, 2.24) is 5.32 Å². The highest BCUT2D eigenvalue weighted by atomic mass is 14.9. The van der Waals surface area contributed by atoms with Crippen LogP contribution in [0.2, 0.25) is 0 Å². The van der Waals surface area contributed by atoms with Crippen LogP contribution in [0.4, 0.5) is 0 Å². The molecule has 88 valence electrons. The lowest BCUT2D eigenvalue weighted by Crippen LogP contribution is -2.32. The van der Waals surface area contributed by atoms with Crippen molar-refractivity contribution in [3.05, 3.63) is 35.9 Å². The predicted molar refractivity (Wildman–Crippen MR) is 69.7 cm³/mol. The Hall–Kier alpha value is -0.820. The molecule has 1 nitrogen and oxygen atoms in total. The summed E-state index contributed by atoms with van der Waals surface area (Å²) in [6.07, 6.45) is 5.48. The van der Waals surface area contributed by atoms with Crippen LogP contribution >= 0.6 is 0 Å². The number of rotatable bonds is 3. The highest BCUT2D eigenvalue weighted by Gasteiger charge is 2.24. The third-order valence-electron chi connectivity index (χ3n) is 4.21. The van der Waals surface area contributed by atoms with Crippen molar-refractivity contribution in [2.45, 2.75) is 44.6 Å². The van der Waals surface area contributed by atoms with Gasteiger partial charge in [0.25, 0.3) is 0 Å². The van der Waals surface area contributed by atoms with Crippen molar-refractivity contribution in [1.29, 1.82) is 0 Å². The molecule has 1 aliphatic carbocycles. The van der Waals surface area contributed by atoms with E-state index in [9.17, 15) is 0 Å². The number of hydrogen-bond donors (Lipinski definition) is 1. The lowest BCUT2D eigenvalue weighted by Gasteiger charge is -2.32. The Bertz CT molecular complexity index is 298. The lowest BCUT2D eigenvalue weighted by molar-refractivity contribution is 0.270. The molecule has 2 rings (SSSR count). The molecule has 1 aliphatic rings. The van der Waals surface area contributed by atoms with Crippen LogP contribution in [0.3, 0.4) is 0 Å². The number of benzene rings is 1. The molecule has 1 heteroatoms. The minimum Gasteiger partial charge on any atom is -0.317 e. The first-order valence-electron chi connectivity index (χ1n) is 6.53. The van der Waals surface area contributed by atoms with Gasteiger partial charge in [0.15, 0.2) is 0 Å². The minimum atomic E-state index is 0.678. The Morgan fingerprint density at radius 1 is 1.06 bits per heavy atom. The molecule has 0 amide bonds. The van der Waals surface area contributed by atoms with Crippen molar-refractivity contribution in [3.8, 4) is 0 Å². The zero-order chi connectivity index (χ0) is 11.4. The average molecular weight is 217 g/mol. The molecule has 16 heavy (non-hydrogen) atoms. The van der Waals surface area contributed by atoms with Gasteiger partial charge in [-0.3, -0.25) is 0 Å². The van der Waals surface area contributed by atoms with E-state index < -0.39 is 0 Å². The Labute approximate surface area is 99.3 Å². The minimum absolute atomic E-state index is 0.678. The summed E-state index contributed by atoms with van der Waals surface area (Å²) in [6.45, 7) is 2.31. The Morgan fingerprint density at radius 2 is 1.69 bits per heavy atom. The fourth-order valence-corrected chi connectivity index (χ4v) is 2.91. The number of hydrogen-bond acceptors (Lipinski definition) is 1. The topological polar surface area (TPSA) is 12.0 Å². The van der Waals surface area contributed by atoms with E-state index in [1.807, 2.05) is 0 Å². The highest BCUT2D eigenvalue weighted by molar-refractivity contribution is 5.19. The summed E-state index contributed by atoms with van der Waals surface area (Å²) in [6, 6.07) is 11.7. The molecule has 1 fully saturated rings. The second-order valence-electron chi connectivity index (χ2n) is 5.10. The van der Waals surface area contributed by atoms with Gasteiger partial charge in [0.1, 0.15) is 0 Å².